The summed E-state index contributed by atoms with van der Waals surface area (Å²) in [6.07, 6.45) is -0.387. The first-order valence-corrected chi connectivity index (χ1v) is 10.7. The molecule has 0 aliphatic carbocycles. The first-order chi connectivity index (χ1) is 14.9. The lowest BCUT2D eigenvalue weighted by Gasteiger charge is -2.26. The van der Waals surface area contributed by atoms with Crippen molar-refractivity contribution in [3.63, 3.8) is 0 Å². The van der Waals surface area contributed by atoms with Crippen molar-refractivity contribution in [2.45, 2.75) is 69.3 Å². The van der Waals surface area contributed by atoms with Crippen LogP contribution in [0.3, 0.4) is 0 Å². The average molecular weight is 479 g/mol. The predicted octanol–water partition coefficient (Wildman–Crippen LogP) is -3.44. The molecule has 0 saturated carbocycles. The summed E-state index contributed by atoms with van der Waals surface area (Å²) in [5.74, 6) is -4.53. The number of carboxylic acid groups (broad SMARTS) is 1. The van der Waals surface area contributed by atoms with Crippen LogP contribution in [0, 0.1) is 0 Å². The lowest BCUT2D eigenvalue weighted by molar-refractivity contribution is -0.141. The highest BCUT2D eigenvalue weighted by atomic mass is 32.1. The fourth-order valence-electron chi connectivity index (χ4n) is 2.58. The molecule has 0 bridgehead atoms. The van der Waals surface area contributed by atoms with E-state index in [0.29, 0.717) is 19.4 Å². The maximum Gasteiger partial charge on any atom is 0.327 e. The highest BCUT2D eigenvalue weighted by molar-refractivity contribution is 7.80. The summed E-state index contributed by atoms with van der Waals surface area (Å²) in [4.78, 5) is 59.5. The molecule has 0 aliphatic heterocycles. The fraction of sp³-hybridized carbons (Fsp3) is 0.722. The van der Waals surface area contributed by atoms with E-state index in [-0.39, 0.29) is 25.0 Å². The van der Waals surface area contributed by atoms with Gasteiger partial charge in [-0.1, -0.05) is 0 Å². The number of nitrogens with two attached hydrogens (primary N) is 3. The summed E-state index contributed by atoms with van der Waals surface area (Å²) in [5, 5.41) is 26.0. The van der Waals surface area contributed by atoms with Crippen LogP contribution in [-0.4, -0.2) is 82.4 Å². The second kappa shape index (κ2) is 15.4. The van der Waals surface area contributed by atoms with E-state index in [0.717, 1.165) is 0 Å². The first-order valence-electron chi connectivity index (χ1n) is 10.1. The number of nitrogens with one attached hydrogen (secondary N) is 3. The number of hydrogen-bond acceptors (Lipinski definition) is 9. The third kappa shape index (κ3) is 11.3. The van der Waals surface area contributed by atoms with Gasteiger partial charge >= 0.3 is 5.97 Å². The second-order valence-electron chi connectivity index (χ2n) is 7.27. The Hall–Kier alpha value is -2.42. The normalized spacial score (nSPS) is 15.5. The zero-order chi connectivity index (χ0) is 24.8. The molecule has 4 amide bonds. The molecule has 5 atom stereocenters. The van der Waals surface area contributed by atoms with Gasteiger partial charge in [0.2, 0.25) is 23.6 Å². The molecule has 0 rings (SSSR count). The number of rotatable bonds is 16. The van der Waals surface area contributed by atoms with Gasteiger partial charge in [-0.3, -0.25) is 19.2 Å². The highest BCUT2D eigenvalue weighted by Gasteiger charge is 2.32. The molecular formula is C18H34N6O7S. The van der Waals surface area contributed by atoms with E-state index in [2.05, 4.69) is 28.6 Å². The minimum atomic E-state index is -1.45. The Morgan fingerprint density at radius 1 is 0.938 bits per heavy atom. The van der Waals surface area contributed by atoms with Gasteiger partial charge < -0.3 is 43.4 Å². The van der Waals surface area contributed by atoms with Gasteiger partial charge in [0.1, 0.15) is 18.1 Å². The number of aliphatic carboxylic acids is 1. The summed E-state index contributed by atoms with van der Waals surface area (Å²) in [5.41, 5.74) is 16.1. The molecule has 0 aromatic carbocycles. The molecule has 32 heavy (non-hydrogen) atoms. The number of amides is 4. The maximum absolute atomic E-state index is 12.7. The summed E-state index contributed by atoms with van der Waals surface area (Å²) in [7, 11) is 0. The standard InChI is InChI=1S/C18H34N6O7S/c1-9(25)14(24-15(27)10(20)5-6-13(21)26)17(29)22-11(4-2-3-7-19)16(28)23-12(8-32)18(30)31/h9-12,14,25,32H,2-8,19-20H2,1H3,(H2,21,26)(H,22,29)(H,23,28)(H,24,27)(H,30,31). The number of hydrogen-bond donors (Lipinski definition) is 9. The molecule has 0 aliphatic rings. The minimum Gasteiger partial charge on any atom is -0.480 e. The Balaban J connectivity index is 5.30. The molecule has 0 saturated heterocycles. The SMILES string of the molecule is CC(O)C(NC(=O)C(N)CCC(N)=O)C(=O)NC(CCCCN)C(=O)NC(CS)C(=O)O. The monoisotopic (exact) mass is 478 g/mol. The number of thiol groups is 1. The zero-order valence-electron chi connectivity index (χ0n) is 18.0. The number of carboxylic acids is 1. The number of carbonyl (C=O) groups is 5. The van der Waals surface area contributed by atoms with Gasteiger partial charge in [-0.05, 0) is 39.2 Å². The van der Waals surface area contributed by atoms with Gasteiger partial charge in [0.05, 0.1) is 12.1 Å². The summed E-state index contributed by atoms with van der Waals surface area (Å²) in [6, 6.07) is -5.01. The van der Waals surface area contributed by atoms with Crippen molar-refractivity contribution in [3.05, 3.63) is 0 Å². The molecular weight excluding hydrogens is 444 g/mol. The quantitative estimate of drug-likeness (QED) is 0.0790. The Morgan fingerprint density at radius 3 is 2.00 bits per heavy atom. The smallest absolute Gasteiger partial charge is 0.327 e. The molecule has 0 aromatic heterocycles. The molecule has 0 spiro atoms. The Labute approximate surface area is 191 Å². The number of aliphatic hydroxyl groups is 1. The van der Waals surface area contributed by atoms with Gasteiger partial charge in [0.25, 0.3) is 0 Å². The number of aliphatic hydroxyl groups excluding tert-OH is 1. The molecule has 5 unspecified atom stereocenters. The lowest BCUT2D eigenvalue weighted by Crippen LogP contribution is -2.59. The van der Waals surface area contributed by atoms with Gasteiger partial charge in [-0.25, -0.2) is 4.79 Å². The van der Waals surface area contributed by atoms with Crippen molar-refractivity contribution < 1.29 is 34.2 Å². The fourth-order valence-corrected chi connectivity index (χ4v) is 2.82. The molecule has 0 radical (unpaired) electrons. The highest BCUT2D eigenvalue weighted by Crippen LogP contribution is 2.05. The number of unbranched alkanes of at least 4 members (excludes halogenated alkanes) is 1. The van der Waals surface area contributed by atoms with Crippen LogP contribution >= 0.6 is 12.6 Å². The van der Waals surface area contributed by atoms with Gasteiger partial charge in [-0.15, -0.1) is 0 Å². The van der Waals surface area contributed by atoms with E-state index in [4.69, 9.17) is 22.3 Å². The zero-order valence-corrected chi connectivity index (χ0v) is 18.8. The summed E-state index contributed by atoms with van der Waals surface area (Å²) >= 11 is 3.88. The largest absolute Gasteiger partial charge is 0.480 e. The van der Waals surface area contributed by atoms with Crippen molar-refractivity contribution in [3.8, 4) is 0 Å². The molecule has 14 heteroatoms. The van der Waals surface area contributed by atoms with Crippen LogP contribution in [0.15, 0.2) is 0 Å². The average Bonchev–Trinajstić information content (AvgIpc) is 2.72. The van der Waals surface area contributed by atoms with E-state index in [1.54, 1.807) is 0 Å². The molecule has 184 valence electrons. The molecule has 0 aromatic rings. The van der Waals surface area contributed by atoms with Gasteiger partial charge in [-0.2, -0.15) is 12.6 Å². The van der Waals surface area contributed by atoms with E-state index < -0.39 is 59.9 Å². The van der Waals surface area contributed by atoms with Crippen LogP contribution in [0.4, 0.5) is 0 Å². The summed E-state index contributed by atoms with van der Waals surface area (Å²) < 4.78 is 0. The van der Waals surface area contributed by atoms with Crippen LogP contribution in [0.1, 0.15) is 39.0 Å². The third-order valence-electron chi connectivity index (χ3n) is 4.48. The van der Waals surface area contributed by atoms with Gasteiger partial charge in [0, 0.05) is 12.2 Å². The van der Waals surface area contributed by atoms with Gasteiger partial charge in [0.15, 0.2) is 0 Å². The Morgan fingerprint density at radius 2 is 1.53 bits per heavy atom. The van der Waals surface area contributed by atoms with E-state index in [9.17, 15) is 29.1 Å². The molecule has 13 nitrogen and oxygen atoms in total. The van der Waals surface area contributed by atoms with Crippen LogP contribution in [-0.2, 0) is 24.0 Å². The molecule has 0 heterocycles. The second-order valence-corrected chi connectivity index (χ2v) is 7.63. The Kier molecular flexibility index (Phi) is 14.2. The maximum atomic E-state index is 12.7. The third-order valence-corrected chi connectivity index (χ3v) is 4.84. The predicted molar refractivity (Wildman–Crippen MR) is 118 cm³/mol. The lowest BCUT2D eigenvalue weighted by atomic mass is 10.1. The number of carbonyl (C=O) groups excluding carboxylic acids is 4. The van der Waals surface area contributed by atoms with E-state index in [1.165, 1.54) is 6.92 Å². The van der Waals surface area contributed by atoms with Crippen molar-refractivity contribution in [2.75, 3.05) is 12.3 Å². The van der Waals surface area contributed by atoms with Crippen LogP contribution < -0.4 is 33.2 Å². The van der Waals surface area contributed by atoms with E-state index >= 15 is 0 Å². The van der Waals surface area contributed by atoms with Crippen LogP contribution in [0.25, 0.3) is 0 Å². The van der Waals surface area contributed by atoms with Crippen LogP contribution in [0.2, 0.25) is 0 Å². The van der Waals surface area contributed by atoms with Crippen molar-refractivity contribution in [2.24, 2.45) is 17.2 Å². The van der Waals surface area contributed by atoms with Crippen molar-refractivity contribution >= 4 is 42.2 Å². The van der Waals surface area contributed by atoms with Crippen molar-refractivity contribution in [1.82, 2.24) is 16.0 Å². The van der Waals surface area contributed by atoms with Crippen LogP contribution in [0.5, 0.6) is 0 Å². The topological polar surface area (TPSA) is 240 Å². The Bertz CT molecular complexity index is 664. The van der Waals surface area contributed by atoms with Crippen molar-refractivity contribution in [1.29, 1.82) is 0 Å². The van der Waals surface area contributed by atoms with E-state index in [1.807, 2.05) is 0 Å². The molecule has 0 fully saturated rings. The number of primary amides is 1. The first kappa shape index (κ1) is 29.6. The minimum absolute atomic E-state index is 0.0558. The summed E-state index contributed by atoms with van der Waals surface area (Å²) in [6.45, 7) is 1.61. The molecule has 11 N–H and O–H groups in total.